The number of nitrogens with zero attached hydrogens (tertiary/aromatic N) is 2. The number of carbonyl (C=O) groups is 2. The van der Waals surface area contributed by atoms with Crippen molar-refractivity contribution in [2.24, 2.45) is 0 Å². The highest BCUT2D eigenvalue weighted by Gasteiger charge is 2.21. The van der Waals surface area contributed by atoms with Crippen molar-refractivity contribution < 1.29 is 14.5 Å². The fourth-order valence-electron chi connectivity index (χ4n) is 1.26. The summed E-state index contributed by atoms with van der Waals surface area (Å²) in [5, 5.41) is 10.7. The van der Waals surface area contributed by atoms with Crippen LogP contribution in [0, 0.1) is 10.1 Å². The molecule has 0 N–H and O–H groups in total. The van der Waals surface area contributed by atoms with Crippen molar-refractivity contribution in [3.63, 3.8) is 0 Å². The largest absolute Gasteiger partial charge is 0.348 e. The first-order valence-corrected chi connectivity index (χ1v) is 4.90. The Hall–Kier alpha value is -2.24. The number of amides is 1. The Morgan fingerprint density at radius 2 is 1.88 bits per heavy atom. The normalized spacial score (nSPS) is 9.76. The molecule has 6 heteroatoms. The summed E-state index contributed by atoms with van der Waals surface area (Å²) in [6, 6.07) is 5.60. The van der Waals surface area contributed by atoms with Crippen molar-refractivity contribution in [1.29, 1.82) is 0 Å². The van der Waals surface area contributed by atoms with Crippen LogP contribution in [0.5, 0.6) is 0 Å². The average Bonchev–Trinajstić information content (AvgIpc) is 2.28. The molecule has 1 aromatic carbocycles. The van der Waals surface area contributed by atoms with Gasteiger partial charge < -0.3 is 4.90 Å². The number of hydrogen-bond donors (Lipinski definition) is 0. The molecule has 0 aromatic heterocycles. The quantitative estimate of drug-likeness (QED) is 0.341. The molecule has 0 atom stereocenters. The minimum atomic E-state index is -0.632. The van der Waals surface area contributed by atoms with Crippen LogP contribution in [0.15, 0.2) is 24.3 Å². The summed E-state index contributed by atoms with van der Waals surface area (Å²) in [6.07, 6.45) is -0.363. The molecule has 0 radical (unpaired) electrons. The molecule has 90 valence electrons. The van der Waals surface area contributed by atoms with Gasteiger partial charge in [-0.25, -0.2) is 0 Å². The zero-order chi connectivity index (χ0) is 13.0. The van der Waals surface area contributed by atoms with Crippen LogP contribution >= 0.6 is 0 Å². The van der Waals surface area contributed by atoms with Crippen LogP contribution in [-0.2, 0) is 4.79 Å². The molecule has 1 amide bonds. The standard InChI is InChI=1S/C11H12N2O4/c1-12(2)11(15)7-10(14)8-5-3-4-6-9(8)13(16)17/h3-6H,7H2,1-2H3. The van der Waals surface area contributed by atoms with E-state index in [9.17, 15) is 19.7 Å². The maximum atomic E-state index is 11.7. The van der Waals surface area contributed by atoms with E-state index >= 15 is 0 Å². The van der Waals surface area contributed by atoms with Gasteiger partial charge in [0.25, 0.3) is 5.69 Å². The van der Waals surface area contributed by atoms with Gasteiger partial charge in [0.05, 0.1) is 16.9 Å². The van der Waals surface area contributed by atoms with E-state index in [1.54, 1.807) is 0 Å². The van der Waals surface area contributed by atoms with Gasteiger partial charge in [-0.2, -0.15) is 0 Å². The number of benzene rings is 1. The van der Waals surface area contributed by atoms with Crippen molar-refractivity contribution in [2.75, 3.05) is 14.1 Å². The fourth-order valence-corrected chi connectivity index (χ4v) is 1.26. The molecule has 0 aliphatic carbocycles. The third-order valence-corrected chi connectivity index (χ3v) is 2.21. The highest BCUT2D eigenvalue weighted by molar-refractivity contribution is 6.09. The number of para-hydroxylation sites is 1. The summed E-state index contributed by atoms with van der Waals surface area (Å²) in [5.41, 5.74) is -0.309. The Morgan fingerprint density at radius 3 is 2.41 bits per heavy atom. The van der Waals surface area contributed by atoms with Crippen molar-refractivity contribution in [3.8, 4) is 0 Å². The molecule has 1 rings (SSSR count). The minimum Gasteiger partial charge on any atom is -0.348 e. The van der Waals surface area contributed by atoms with E-state index in [2.05, 4.69) is 0 Å². The lowest BCUT2D eigenvalue weighted by molar-refractivity contribution is -0.385. The number of nitro benzene ring substituents is 1. The monoisotopic (exact) mass is 236 g/mol. The van der Waals surface area contributed by atoms with Crippen molar-refractivity contribution in [1.82, 2.24) is 4.90 Å². The summed E-state index contributed by atoms with van der Waals surface area (Å²) in [5.74, 6) is -0.927. The zero-order valence-corrected chi connectivity index (χ0v) is 9.54. The van der Waals surface area contributed by atoms with Crippen molar-refractivity contribution in [3.05, 3.63) is 39.9 Å². The van der Waals surface area contributed by atoms with Gasteiger partial charge in [0, 0.05) is 20.2 Å². The number of carbonyl (C=O) groups excluding carboxylic acids is 2. The van der Waals surface area contributed by atoms with E-state index in [0.717, 1.165) is 0 Å². The second kappa shape index (κ2) is 5.20. The Morgan fingerprint density at radius 1 is 1.29 bits per heavy atom. The zero-order valence-electron chi connectivity index (χ0n) is 9.54. The molecule has 0 heterocycles. The predicted molar refractivity (Wildman–Crippen MR) is 60.7 cm³/mol. The molecule has 0 bridgehead atoms. The topological polar surface area (TPSA) is 80.5 Å². The number of ketones is 1. The number of rotatable bonds is 4. The third-order valence-electron chi connectivity index (χ3n) is 2.21. The summed E-state index contributed by atoms with van der Waals surface area (Å²) < 4.78 is 0. The summed E-state index contributed by atoms with van der Waals surface area (Å²) in [4.78, 5) is 34.4. The van der Waals surface area contributed by atoms with Gasteiger partial charge in [0.15, 0.2) is 5.78 Å². The minimum absolute atomic E-state index is 0.0345. The smallest absolute Gasteiger partial charge is 0.280 e. The van der Waals surface area contributed by atoms with Crippen LogP contribution in [0.3, 0.4) is 0 Å². The van der Waals surface area contributed by atoms with Crippen molar-refractivity contribution in [2.45, 2.75) is 6.42 Å². The molecular weight excluding hydrogens is 224 g/mol. The Labute approximate surface area is 98.0 Å². The lowest BCUT2D eigenvalue weighted by atomic mass is 10.1. The SMILES string of the molecule is CN(C)C(=O)CC(=O)c1ccccc1[N+](=O)[O-]. The predicted octanol–water partition coefficient (Wildman–Crippen LogP) is 1.26. The maximum Gasteiger partial charge on any atom is 0.280 e. The first-order chi connectivity index (χ1) is 7.93. The third kappa shape index (κ3) is 3.10. The molecule has 0 aliphatic heterocycles. The van der Waals surface area contributed by atoms with E-state index < -0.39 is 10.7 Å². The van der Waals surface area contributed by atoms with Gasteiger partial charge in [-0.15, -0.1) is 0 Å². The van der Waals surface area contributed by atoms with Gasteiger partial charge in [0.2, 0.25) is 5.91 Å². The van der Waals surface area contributed by atoms with Crippen LogP contribution in [0.25, 0.3) is 0 Å². The molecule has 17 heavy (non-hydrogen) atoms. The van der Waals surface area contributed by atoms with E-state index in [0.29, 0.717) is 0 Å². The second-order valence-corrected chi connectivity index (χ2v) is 3.66. The first kappa shape index (κ1) is 12.8. The van der Waals surface area contributed by atoms with E-state index in [-0.39, 0.29) is 23.6 Å². The Kier molecular flexibility index (Phi) is 3.92. The lowest BCUT2D eigenvalue weighted by Gasteiger charge is -2.09. The number of hydrogen-bond acceptors (Lipinski definition) is 4. The molecule has 1 aromatic rings. The average molecular weight is 236 g/mol. The lowest BCUT2D eigenvalue weighted by Crippen LogP contribution is -2.24. The van der Waals surface area contributed by atoms with E-state index in [4.69, 9.17) is 0 Å². The van der Waals surface area contributed by atoms with Crippen LogP contribution in [0.2, 0.25) is 0 Å². The van der Waals surface area contributed by atoms with Gasteiger partial charge in [-0.1, -0.05) is 12.1 Å². The highest BCUT2D eigenvalue weighted by Crippen LogP contribution is 2.19. The van der Waals surface area contributed by atoms with Crippen molar-refractivity contribution >= 4 is 17.4 Å². The van der Waals surface area contributed by atoms with Crippen LogP contribution in [0.1, 0.15) is 16.8 Å². The van der Waals surface area contributed by atoms with E-state index in [1.165, 1.54) is 43.3 Å². The molecule has 6 nitrogen and oxygen atoms in total. The maximum absolute atomic E-state index is 11.7. The molecule has 0 fully saturated rings. The fraction of sp³-hybridized carbons (Fsp3) is 0.273. The molecule has 0 saturated carbocycles. The summed E-state index contributed by atoms with van der Waals surface area (Å²) in [6.45, 7) is 0. The summed E-state index contributed by atoms with van der Waals surface area (Å²) in [7, 11) is 3.05. The molecule has 0 spiro atoms. The molecular formula is C11H12N2O4. The van der Waals surface area contributed by atoms with Gasteiger partial charge in [0.1, 0.15) is 0 Å². The second-order valence-electron chi connectivity index (χ2n) is 3.66. The molecule has 0 unspecified atom stereocenters. The van der Waals surface area contributed by atoms with Gasteiger partial charge in [-0.3, -0.25) is 19.7 Å². The number of Topliss-reactive ketones (excluding diaryl/α,β-unsaturated/α-hetero) is 1. The van der Waals surface area contributed by atoms with Crippen LogP contribution in [-0.4, -0.2) is 35.6 Å². The van der Waals surface area contributed by atoms with Gasteiger partial charge >= 0.3 is 0 Å². The highest BCUT2D eigenvalue weighted by atomic mass is 16.6. The first-order valence-electron chi connectivity index (χ1n) is 4.90. The number of nitro groups is 1. The van der Waals surface area contributed by atoms with Gasteiger partial charge in [-0.05, 0) is 6.07 Å². The van der Waals surface area contributed by atoms with Crippen LogP contribution in [0.4, 0.5) is 5.69 Å². The Bertz CT molecular complexity index is 468. The molecule has 0 aliphatic rings. The molecule has 0 saturated heterocycles. The van der Waals surface area contributed by atoms with E-state index in [1.807, 2.05) is 0 Å². The van der Waals surface area contributed by atoms with Crippen LogP contribution < -0.4 is 0 Å². The summed E-state index contributed by atoms with van der Waals surface area (Å²) >= 11 is 0. The Balaban J connectivity index is 2.97.